The van der Waals surface area contributed by atoms with Gasteiger partial charge in [0, 0.05) is 6.42 Å². The van der Waals surface area contributed by atoms with E-state index in [1.54, 1.807) is 6.08 Å². The highest BCUT2D eigenvalue weighted by atomic mass is 16.5. The van der Waals surface area contributed by atoms with Crippen LogP contribution >= 0.6 is 0 Å². The molecule has 0 saturated heterocycles. The van der Waals surface area contributed by atoms with Crippen LogP contribution in [-0.4, -0.2) is 18.4 Å². The Hall–Kier alpha value is -1.12. The van der Waals surface area contributed by atoms with Crippen molar-refractivity contribution >= 4 is 11.8 Å². The van der Waals surface area contributed by atoms with Gasteiger partial charge in [0.2, 0.25) is 0 Å². The van der Waals surface area contributed by atoms with Crippen molar-refractivity contribution in [3.8, 4) is 0 Å². The molecule has 0 saturated carbocycles. The third-order valence-electron chi connectivity index (χ3n) is 8.89. The van der Waals surface area contributed by atoms with Crippen LogP contribution in [0.2, 0.25) is 0 Å². The minimum absolute atomic E-state index is 0.0912. The van der Waals surface area contributed by atoms with Crippen LogP contribution in [0.15, 0.2) is 12.7 Å². The van der Waals surface area contributed by atoms with Gasteiger partial charge in [-0.25, -0.2) is 0 Å². The summed E-state index contributed by atoms with van der Waals surface area (Å²) in [4.78, 5) is 25.5. The highest BCUT2D eigenvalue weighted by molar-refractivity contribution is 5.98. The zero-order valence-electron chi connectivity index (χ0n) is 28.7. The van der Waals surface area contributed by atoms with Gasteiger partial charge in [-0.2, -0.15) is 0 Å². The third kappa shape index (κ3) is 29.0. The zero-order chi connectivity index (χ0) is 30.8. The minimum Gasteiger partial charge on any atom is -0.461 e. The maximum absolute atomic E-state index is 12.9. The van der Waals surface area contributed by atoms with Gasteiger partial charge in [0.15, 0.2) is 0 Å². The molecule has 0 fully saturated rings. The molecule has 0 aromatic carbocycles. The Morgan fingerprint density at radius 2 is 0.810 bits per heavy atom. The molecule has 0 aliphatic rings. The van der Waals surface area contributed by atoms with Gasteiger partial charge in [-0.15, -0.1) is 0 Å². The molecule has 1 atom stereocenters. The summed E-state index contributed by atoms with van der Waals surface area (Å²) in [5.41, 5.74) is 0. The van der Waals surface area contributed by atoms with Crippen molar-refractivity contribution in [2.24, 2.45) is 5.92 Å². The molecule has 0 amide bonds. The largest absolute Gasteiger partial charge is 0.461 e. The van der Waals surface area contributed by atoms with E-state index in [0.29, 0.717) is 12.8 Å². The number of rotatable bonds is 35. The van der Waals surface area contributed by atoms with Gasteiger partial charge < -0.3 is 4.74 Å². The number of carbonyl (C=O) groups excluding carboxylic acids is 2. The Bertz CT molecular complexity index is 584. The van der Waals surface area contributed by atoms with Crippen LogP contribution in [0.1, 0.15) is 213 Å². The first-order chi connectivity index (χ1) is 20.7. The highest BCUT2D eigenvalue weighted by Gasteiger charge is 2.26. The van der Waals surface area contributed by atoms with Gasteiger partial charge in [-0.05, 0) is 12.8 Å². The maximum Gasteiger partial charge on any atom is 0.316 e. The van der Waals surface area contributed by atoms with Gasteiger partial charge in [-0.1, -0.05) is 206 Å². The molecule has 0 bridgehead atoms. The first-order valence-corrected chi connectivity index (χ1v) is 19.0. The van der Waals surface area contributed by atoms with E-state index >= 15 is 0 Å². The van der Waals surface area contributed by atoms with E-state index in [4.69, 9.17) is 4.74 Å². The molecule has 0 spiro atoms. The molecule has 0 N–H and O–H groups in total. The lowest BCUT2D eigenvalue weighted by molar-refractivity contribution is -0.151. The highest BCUT2D eigenvalue weighted by Crippen LogP contribution is 2.20. The molecule has 3 nitrogen and oxygen atoms in total. The number of carbonyl (C=O) groups is 2. The van der Waals surface area contributed by atoms with Crippen LogP contribution in [0.25, 0.3) is 0 Å². The number of Topliss-reactive ketones (excluding diaryl/α,β-unsaturated/α-hetero) is 1. The second-order valence-electron chi connectivity index (χ2n) is 13.0. The molecule has 0 aliphatic carbocycles. The van der Waals surface area contributed by atoms with Crippen molar-refractivity contribution in [3.63, 3.8) is 0 Å². The zero-order valence-corrected chi connectivity index (χ0v) is 28.7. The van der Waals surface area contributed by atoms with Crippen LogP contribution < -0.4 is 0 Å². The van der Waals surface area contributed by atoms with Gasteiger partial charge in [0.25, 0.3) is 0 Å². The lowest BCUT2D eigenvalue weighted by atomic mass is 9.92. The summed E-state index contributed by atoms with van der Waals surface area (Å²) in [6.45, 7) is 8.39. The predicted molar refractivity (Wildman–Crippen MR) is 184 cm³/mol. The van der Waals surface area contributed by atoms with Crippen LogP contribution in [0, 0.1) is 5.92 Å². The summed E-state index contributed by atoms with van der Waals surface area (Å²) in [5.74, 6) is -0.821. The van der Waals surface area contributed by atoms with E-state index in [0.717, 1.165) is 25.7 Å². The number of hydrogen-bond donors (Lipinski definition) is 0. The topological polar surface area (TPSA) is 43.4 Å². The number of esters is 1. The second kappa shape index (κ2) is 34.4. The SMILES string of the molecule is C=CCOC(=O)C(CCCCCCCCCCCCCCCC)C(=O)CCCCCCCCCCCCCCCCC. The van der Waals surface area contributed by atoms with Gasteiger partial charge in [0.05, 0.1) is 0 Å². The smallest absolute Gasteiger partial charge is 0.316 e. The molecule has 0 heterocycles. The van der Waals surface area contributed by atoms with Crippen molar-refractivity contribution in [1.29, 1.82) is 0 Å². The Balaban J connectivity index is 3.84. The molecular formula is C39H74O3. The van der Waals surface area contributed by atoms with E-state index in [1.807, 2.05) is 0 Å². The maximum atomic E-state index is 12.9. The lowest BCUT2D eigenvalue weighted by Crippen LogP contribution is -2.26. The third-order valence-corrected chi connectivity index (χ3v) is 8.89. The lowest BCUT2D eigenvalue weighted by Gasteiger charge is -2.14. The Morgan fingerprint density at radius 1 is 0.500 bits per heavy atom. The summed E-state index contributed by atoms with van der Waals surface area (Å²) in [5, 5.41) is 0. The number of ketones is 1. The molecule has 0 aromatic heterocycles. The summed E-state index contributed by atoms with van der Waals surface area (Å²) >= 11 is 0. The van der Waals surface area contributed by atoms with Crippen molar-refractivity contribution in [2.45, 2.75) is 213 Å². The van der Waals surface area contributed by atoms with E-state index < -0.39 is 5.92 Å². The Morgan fingerprint density at radius 3 is 1.14 bits per heavy atom. The van der Waals surface area contributed by atoms with Crippen molar-refractivity contribution in [2.75, 3.05) is 6.61 Å². The first-order valence-electron chi connectivity index (χ1n) is 19.0. The molecule has 1 unspecified atom stereocenters. The fraction of sp³-hybridized carbons (Fsp3) is 0.897. The number of hydrogen-bond acceptors (Lipinski definition) is 3. The Labute approximate surface area is 263 Å². The van der Waals surface area contributed by atoms with Crippen molar-refractivity contribution in [1.82, 2.24) is 0 Å². The summed E-state index contributed by atoms with van der Waals surface area (Å²) < 4.78 is 5.29. The van der Waals surface area contributed by atoms with Crippen LogP contribution in [0.5, 0.6) is 0 Å². The molecule has 248 valence electrons. The second-order valence-corrected chi connectivity index (χ2v) is 13.0. The fourth-order valence-corrected chi connectivity index (χ4v) is 6.04. The average molecular weight is 591 g/mol. The van der Waals surface area contributed by atoms with E-state index in [2.05, 4.69) is 20.4 Å². The van der Waals surface area contributed by atoms with Gasteiger partial charge in [0.1, 0.15) is 18.3 Å². The number of ether oxygens (including phenoxy) is 1. The summed E-state index contributed by atoms with van der Waals surface area (Å²) in [7, 11) is 0. The van der Waals surface area contributed by atoms with Crippen LogP contribution in [0.3, 0.4) is 0 Å². The van der Waals surface area contributed by atoms with Gasteiger partial charge >= 0.3 is 5.97 Å². The Kier molecular flexibility index (Phi) is 33.5. The van der Waals surface area contributed by atoms with Crippen LogP contribution in [-0.2, 0) is 14.3 Å². The standard InChI is InChI=1S/C39H74O3/c1-4-7-9-11-13-15-17-19-21-23-25-27-29-31-33-35-38(40)37(39(41)42-36-6-3)34-32-30-28-26-24-22-20-18-16-14-12-10-8-5-2/h6,37H,3-5,7-36H2,1-2H3. The summed E-state index contributed by atoms with van der Waals surface area (Å²) in [6, 6.07) is 0. The molecule has 0 aromatic rings. The molecule has 0 rings (SSSR count). The van der Waals surface area contributed by atoms with E-state index in [-0.39, 0.29) is 18.4 Å². The fourth-order valence-electron chi connectivity index (χ4n) is 6.04. The normalized spacial score (nSPS) is 12.0. The predicted octanol–water partition coefficient (Wildman–Crippen LogP) is 13.0. The average Bonchev–Trinajstić information content (AvgIpc) is 2.99. The molecule has 0 radical (unpaired) electrons. The number of unbranched alkanes of at least 4 members (excludes halogenated alkanes) is 27. The van der Waals surface area contributed by atoms with Crippen molar-refractivity contribution in [3.05, 3.63) is 12.7 Å². The van der Waals surface area contributed by atoms with Crippen LogP contribution in [0.4, 0.5) is 0 Å². The first kappa shape index (κ1) is 40.9. The monoisotopic (exact) mass is 591 g/mol. The molecular weight excluding hydrogens is 516 g/mol. The minimum atomic E-state index is -0.575. The molecule has 42 heavy (non-hydrogen) atoms. The van der Waals surface area contributed by atoms with E-state index in [1.165, 1.54) is 161 Å². The quantitative estimate of drug-likeness (QED) is 0.0319. The summed E-state index contributed by atoms with van der Waals surface area (Å²) in [6.07, 6.45) is 40.8. The van der Waals surface area contributed by atoms with Crippen molar-refractivity contribution < 1.29 is 14.3 Å². The van der Waals surface area contributed by atoms with Gasteiger partial charge in [-0.3, -0.25) is 9.59 Å². The van der Waals surface area contributed by atoms with E-state index in [9.17, 15) is 9.59 Å². The molecule has 3 heteroatoms. The molecule has 0 aliphatic heterocycles.